The maximum atomic E-state index is 10.5. The Morgan fingerprint density at radius 3 is 3.12 bits per heavy atom. The highest BCUT2D eigenvalue weighted by molar-refractivity contribution is 7.18. The summed E-state index contributed by atoms with van der Waals surface area (Å²) in [5, 5.41) is 21.7. The van der Waals surface area contributed by atoms with Crippen molar-refractivity contribution < 1.29 is 4.92 Å². The number of nitro groups is 1. The Balaban J connectivity index is 2.00. The minimum absolute atomic E-state index is 0.0180. The van der Waals surface area contributed by atoms with Crippen LogP contribution >= 0.6 is 11.3 Å². The van der Waals surface area contributed by atoms with E-state index in [1.807, 2.05) is 11.5 Å². The molecule has 0 unspecified atom stereocenters. The van der Waals surface area contributed by atoms with Gasteiger partial charge in [-0.1, -0.05) is 0 Å². The van der Waals surface area contributed by atoms with Crippen molar-refractivity contribution in [3.05, 3.63) is 28.5 Å². The van der Waals surface area contributed by atoms with Crippen LogP contribution in [0.4, 0.5) is 10.1 Å². The molecule has 8 nitrogen and oxygen atoms in total. The third-order valence-corrected chi connectivity index (χ3v) is 3.01. The van der Waals surface area contributed by atoms with Gasteiger partial charge in [-0.15, -0.1) is 10.2 Å². The Kier molecular flexibility index (Phi) is 3.28. The van der Waals surface area contributed by atoms with Crippen LogP contribution in [0.25, 0.3) is 0 Å². The molecule has 2 heterocycles. The van der Waals surface area contributed by atoms with E-state index in [-0.39, 0.29) is 5.00 Å². The van der Waals surface area contributed by atoms with E-state index in [2.05, 4.69) is 20.5 Å². The van der Waals surface area contributed by atoms with Gasteiger partial charge >= 0.3 is 5.00 Å². The molecule has 0 bridgehead atoms. The topological polar surface area (TPSA) is 98.8 Å². The standard InChI is InChI=1S/C8H10N6O2S/c1-2-13-5-11-12-6(13)3-9-8-10-4-7(17-8)14(15)16/h4-5H,2-3H2,1H3,(H,9,10). The van der Waals surface area contributed by atoms with E-state index in [9.17, 15) is 10.1 Å². The molecular formula is C8H10N6O2S. The van der Waals surface area contributed by atoms with Crippen molar-refractivity contribution in [3.8, 4) is 0 Å². The van der Waals surface area contributed by atoms with Gasteiger partial charge in [0.1, 0.15) is 12.5 Å². The number of nitrogens with one attached hydrogen (secondary N) is 1. The van der Waals surface area contributed by atoms with Crippen LogP contribution in [0, 0.1) is 10.1 Å². The van der Waals surface area contributed by atoms with Gasteiger partial charge < -0.3 is 9.88 Å². The molecule has 0 aromatic carbocycles. The number of hydrogen-bond donors (Lipinski definition) is 1. The Hall–Kier alpha value is -2.03. The maximum absolute atomic E-state index is 10.5. The van der Waals surface area contributed by atoms with Gasteiger partial charge in [-0.3, -0.25) is 10.1 Å². The number of aromatic nitrogens is 4. The minimum Gasteiger partial charge on any atom is -0.354 e. The fraction of sp³-hybridized carbons (Fsp3) is 0.375. The molecule has 0 aliphatic heterocycles. The predicted octanol–water partition coefficient (Wildman–Crippen LogP) is 1.27. The Morgan fingerprint density at radius 2 is 2.47 bits per heavy atom. The normalized spacial score (nSPS) is 10.4. The Bertz CT molecular complexity index is 522. The molecule has 0 atom stereocenters. The van der Waals surface area contributed by atoms with Crippen molar-refractivity contribution in [3.63, 3.8) is 0 Å². The second-order valence-corrected chi connectivity index (χ2v) is 4.16. The summed E-state index contributed by atoms with van der Waals surface area (Å²) in [6, 6.07) is 0. The van der Waals surface area contributed by atoms with Gasteiger partial charge in [0.25, 0.3) is 0 Å². The largest absolute Gasteiger partial charge is 0.354 e. The van der Waals surface area contributed by atoms with Crippen LogP contribution in [0.3, 0.4) is 0 Å². The number of hydrogen-bond acceptors (Lipinski definition) is 7. The summed E-state index contributed by atoms with van der Waals surface area (Å²) < 4.78 is 1.88. The minimum atomic E-state index is -0.461. The lowest BCUT2D eigenvalue weighted by Crippen LogP contribution is -2.07. The molecule has 0 fully saturated rings. The molecule has 2 aromatic heterocycles. The van der Waals surface area contributed by atoms with Crippen molar-refractivity contribution in [2.45, 2.75) is 20.0 Å². The van der Waals surface area contributed by atoms with Crippen LogP contribution in [-0.2, 0) is 13.1 Å². The summed E-state index contributed by atoms with van der Waals surface area (Å²) in [6.45, 7) is 3.21. The van der Waals surface area contributed by atoms with E-state index in [0.29, 0.717) is 11.7 Å². The molecule has 0 aliphatic rings. The molecule has 9 heteroatoms. The fourth-order valence-electron chi connectivity index (χ4n) is 1.27. The number of thiazole rings is 1. The van der Waals surface area contributed by atoms with Crippen LogP contribution < -0.4 is 5.32 Å². The summed E-state index contributed by atoms with van der Waals surface area (Å²) in [5.41, 5.74) is 0. The second-order valence-electron chi connectivity index (χ2n) is 3.15. The summed E-state index contributed by atoms with van der Waals surface area (Å²) >= 11 is 0.998. The molecule has 0 saturated heterocycles. The van der Waals surface area contributed by atoms with Gasteiger partial charge in [0.2, 0.25) is 0 Å². The van der Waals surface area contributed by atoms with Crippen LogP contribution in [-0.4, -0.2) is 24.7 Å². The number of anilines is 1. The van der Waals surface area contributed by atoms with Crippen LogP contribution in [0.2, 0.25) is 0 Å². The molecule has 1 N–H and O–H groups in total. The quantitative estimate of drug-likeness (QED) is 0.637. The van der Waals surface area contributed by atoms with Crippen molar-refractivity contribution >= 4 is 21.5 Å². The fourth-order valence-corrected chi connectivity index (χ4v) is 1.89. The first kappa shape index (κ1) is 11.5. The number of nitrogens with zero attached hydrogens (tertiary/aromatic N) is 5. The smallest absolute Gasteiger partial charge is 0.345 e. The Labute approximate surface area is 100 Å². The van der Waals surface area contributed by atoms with Crippen LogP contribution in [0.15, 0.2) is 12.5 Å². The lowest BCUT2D eigenvalue weighted by atomic mass is 10.5. The van der Waals surface area contributed by atoms with E-state index in [1.54, 1.807) is 6.33 Å². The average molecular weight is 254 g/mol. The van der Waals surface area contributed by atoms with E-state index in [4.69, 9.17) is 0 Å². The summed E-state index contributed by atoms with van der Waals surface area (Å²) in [5.74, 6) is 0.769. The zero-order valence-electron chi connectivity index (χ0n) is 9.03. The van der Waals surface area contributed by atoms with Crippen molar-refractivity contribution in [1.29, 1.82) is 0 Å². The molecule has 2 aromatic rings. The van der Waals surface area contributed by atoms with E-state index >= 15 is 0 Å². The van der Waals surface area contributed by atoms with Gasteiger partial charge in [-0.2, -0.15) is 0 Å². The first-order valence-electron chi connectivity index (χ1n) is 4.91. The molecule has 90 valence electrons. The van der Waals surface area contributed by atoms with E-state index < -0.39 is 4.92 Å². The zero-order chi connectivity index (χ0) is 12.3. The van der Waals surface area contributed by atoms with Gasteiger partial charge in [-0.25, -0.2) is 4.98 Å². The highest BCUT2D eigenvalue weighted by Gasteiger charge is 2.11. The molecule has 0 radical (unpaired) electrons. The lowest BCUT2D eigenvalue weighted by molar-refractivity contribution is -0.380. The molecule has 0 saturated carbocycles. The molecular weight excluding hydrogens is 244 g/mol. The van der Waals surface area contributed by atoms with Crippen molar-refractivity contribution in [2.24, 2.45) is 0 Å². The SMILES string of the molecule is CCn1cnnc1CNc1ncc([N+](=O)[O-])s1. The monoisotopic (exact) mass is 254 g/mol. The van der Waals surface area contributed by atoms with Gasteiger partial charge in [0, 0.05) is 6.54 Å². The van der Waals surface area contributed by atoms with E-state index in [0.717, 1.165) is 23.7 Å². The first-order chi connectivity index (χ1) is 8.20. The Morgan fingerprint density at radius 1 is 1.65 bits per heavy atom. The number of rotatable bonds is 5. The first-order valence-corrected chi connectivity index (χ1v) is 5.73. The van der Waals surface area contributed by atoms with E-state index in [1.165, 1.54) is 6.20 Å². The third kappa shape index (κ3) is 2.56. The molecule has 0 amide bonds. The average Bonchev–Trinajstić information content (AvgIpc) is 2.95. The zero-order valence-corrected chi connectivity index (χ0v) is 9.85. The molecule has 0 spiro atoms. The summed E-state index contributed by atoms with van der Waals surface area (Å²) in [4.78, 5) is 13.9. The van der Waals surface area contributed by atoms with Gasteiger partial charge in [0.05, 0.1) is 11.5 Å². The maximum Gasteiger partial charge on any atom is 0.345 e. The lowest BCUT2D eigenvalue weighted by Gasteiger charge is -2.03. The van der Waals surface area contributed by atoms with Crippen molar-refractivity contribution in [2.75, 3.05) is 5.32 Å². The predicted molar refractivity (Wildman–Crippen MR) is 61.8 cm³/mol. The third-order valence-electron chi connectivity index (χ3n) is 2.11. The second kappa shape index (κ2) is 4.87. The van der Waals surface area contributed by atoms with Crippen molar-refractivity contribution in [1.82, 2.24) is 19.7 Å². The molecule has 2 rings (SSSR count). The number of aryl methyl sites for hydroxylation is 1. The molecule has 17 heavy (non-hydrogen) atoms. The summed E-state index contributed by atoms with van der Waals surface area (Å²) in [7, 11) is 0. The highest BCUT2D eigenvalue weighted by atomic mass is 32.1. The van der Waals surface area contributed by atoms with Crippen LogP contribution in [0.5, 0.6) is 0 Å². The molecule has 0 aliphatic carbocycles. The van der Waals surface area contributed by atoms with Crippen LogP contribution in [0.1, 0.15) is 12.7 Å². The highest BCUT2D eigenvalue weighted by Crippen LogP contribution is 2.25. The van der Waals surface area contributed by atoms with Gasteiger partial charge in [0.15, 0.2) is 11.0 Å². The summed E-state index contributed by atoms with van der Waals surface area (Å²) in [6.07, 6.45) is 2.87. The van der Waals surface area contributed by atoms with Gasteiger partial charge in [-0.05, 0) is 18.3 Å².